The number of rotatable bonds is 4. The number of carbonyl (C=O) groups is 1. The first-order chi connectivity index (χ1) is 11.5. The molecule has 0 saturated heterocycles. The van der Waals surface area contributed by atoms with E-state index < -0.39 is 12.0 Å². The van der Waals surface area contributed by atoms with Crippen molar-refractivity contribution in [2.45, 2.75) is 6.54 Å². The van der Waals surface area contributed by atoms with Crippen LogP contribution in [-0.4, -0.2) is 28.3 Å². The molecule has 0 fully saturated rings. The highest BCUT2D eigenvalue weighted by Crippen LogP contribution is 2.32. The van der Waals surface area contributed by atoms with E-state index in [4.69, 9.17) is 21.4 Å². The molecule has 3 N–H and O–H groups in total. The number of methoxy groups -OCH3 is 1. The topological polar surface area (TPSA) is 87.2 Å². The van der Waals surface area contributed by atoms with E-state index in [9.17, 15) is 9.18 Å². The summed E-state index contributed by atoms with van der Waals surface area (Å²) in [5.41, 5.74) is 2.37. The lowest BCUT2D eigenvalue weighted by atomic mass is 10.1. The SMILES string of the molecule is COc1ccc(-c2cc3[nH]c(CNC(=O)O)cc3cc2Cl)nc1F. The molecule has 8 heteroatoms. The molecule has 2 aromatic heterocycles. The van der Waals surface area contributed by atoms with Crippen LogP contribution in [0, 0.1) is 5.95 Å². The summed E-state index contributed by atoms with van der Waals surface area (Å²) in [7, 11) is 1.37. The fourth-order valence-corrected chi connectivity index (χ4v) is 2.67. The van der Waals surface area contributed by atoms with Crippen molar-refractivity contribution in [3.8, 4) is 17.0 Å². The van der Waals surface area contributed by atoms with Crippen molar-refractivity contribution in [1.29, 1.82) is 0 Å². The van der Waals surface area contributed by atoms with Crippen LogP contribution >= 0.6 is 11.6 Å². The zero-order valence-corrected chi connectivity index (χ0v) is 13.3. The number of hydrogen-bond acceptors (Lipinski definition) is 3. The highest BCUT2D eigenvalue weighted by Gasteiger charge is 2.12. The predicted octanol–water partition coefficient (Wildman–Crippen LogP) is 3.80. The number of nitrogens with one attached hydrogen (secondary N) is 2. The number of aromatic amines is 1. The maximum Gasteiger partial charge on any atom is 0.404 e. The molecule has 3 rings (SSSR count). The fourth-order valence-electron chi connectivity index (χ4n) is 2.40. The monoisotopic (exact) mass is 349 g/mol. The Morgan fingerprint density at radius 3 is 2.88 bits per heavy atom. The van der Waals surface area contributed by atoms with Crippen molar-refractivity contribution in [3.63, 3.8) is 0 Å². The summed E-state index contributed by atoms with van der Waals surface area (Å²) in [5.74, 6) is -0.665. The Bertz CT molecular complexity index is 926. The van der Waals surface area contributed by atoms with Gasteiger partial charge in [0, 0.05) is 22.2 Å². The van der Waals surface area contributed by atoms with Crippen LogP contribution in [0.5, 0.6) is 5.75 Å². The van der Waals surface area contributed by atoms with Crippen LogP contribution in [0.25, 0.3) is 22.2 Å². The lowest BCUT2D eigenvalue weighted by Crippen LogP contribution is -2.19. The number of nitrogens with zero attached hydrogens (tertiary/aromatic N) is 1. The van der Waals surface area contributed by atoms with Gasteiger partial charge in [-0.2, -0.15) is 4.39 Å². The maximum atomic E-state index is 13.8. The van der Waals surface area contributed by atoms with Crippen molar-refractivity contribution < 1.29 is 19.0 Å². The quantitative estimate of drug-likeness (QED) is 0.625. The van der Waals surface area contributed by atoms with Gasteiger partial charge in [0.1, 0.15) is 0 Å². The standard InChI is InChI=1S/C16H13ClFN3O3/c1-24-14-3-2-12(21-15(14)18)10-6-13-8(5-11(10)17)4-9(20-13)7-19-16(22)23/h2-6,19-20H,7H2,1H3,(H,22,23). The molecule has 24 heavy (non-hydrogen) atoms. The second kappa shape index (κ2) is 6.37. The molecule has 0 atom stereocenters. The van der Waals surface area contributed by atoms with Gasteiger partial charge in [-0.15, -0.1) is 0 Å². The van der Waals surface area contributed by atoms with Crippen LogP contribution < -0.4 is 10.1 Å². The lowest BCUT2D eigenvalue weighted by Gasteiger charge is -2.06. The number of aromatic nitrogens is 2. The van der Waals surface area contributed by atoms with Crippen molar-refractivity contribution in [2.24, 2.45) is 0 Å². The Morgan fingerprint density at radius 1 is 1.42 bits per heavy atom. The molecule has 1 amide bonds. The number of halogens is 2. The zero-order chi connectivity index (χ0) is 17.3. The second-order valence-electron chi connectivity index (χ2n) is 5.06. The van der Waals surface area contributed by atoms with E-state index in [-0.39, 0.29) is 12.3 Å². The van der Waals surface area contributed by atoms with Crippen LogP contribution in [0.3, 0.4) is 0 Å². The van der Waals surface area contributed by atoms with Gasteiger partial charge in [0.15, 0.2) is 5.75 Å². The molecule has 0 unspecified atom stereocenters. The number of ether oxygens (including phenoxy) is 1. The summed E-state index contributed by atoms with van der Waals surface area (Å²) in [4.78, 5) is 17.5. The number of amides is 1. The molecule has 0 aliphatic heterocycles. The van der Waals surface area contributed by atoms with Gasteiger partial charge >= 0.3 is 6.09 Å². The van der Waals surface area contributed by atoms with Crippen LogP contribution in [0.4, 0.5) is 9.18 Å². The van der Waals surface area contributed by atoms with Crippen molar-refractivity contribution >= 4 is 28.6 Å². The first-order valence-corrected chi connectivity index (χ1v) is 7.34. The second-order valence-corrected chi connectivity index (χ2v) is 5.47. The van der Waals surface area contributed by atoms with E-state index in [1.165, 1.54) is 13.2 Å². The Kier molecular flexibility index (Phi) is 4.26. The van der Waals surface area contributed by atoms with E-state index in [0.717, 1.165) is 10.9 Å². The Hall–Kier alpha value is -2.80. The van der Waals surface area contributed by atoms with Crippen molar-refractivity contribution in [1.82, 2.24) is 15.3 Å². The molecular formula is C16H13ClFN3O3. The van der Waals surface area contributed by atoms with Crippen LogP contribution in [0.1, 0.15) is 5.69 Å². The van der Waals surface area contributed by atoms with Crippen LogP contribution in [0.2, 0.25) is 5.02 Å². The highest BCUT2D eigenvalue weighted by atomic mass is 35.5. The molecule has 0 aliphatic carbocycles. The molecule has 0 saturated carbocycles. The van der Waals surface area contributed by atoms with Gasteiger partial charge in [0.25, 0.3) is 5.95 Å². The molecule has 0 bridgehead atoms. The maximum absolute atomic E-state index is 13.8. The van der Waals surface area contributed by atoms with Crippen LogP contribution in [-0.2, 0) is 6.54 Å². The molecule has 124 valence electrons. The third-order valence-electron chi connectivity index (χ3n) is 3.50. The van der Waals surface area contributed by atoms with Gasteiger partial charge in [-0.1, -0.05) is 11.6 Å². The van der Waals surface area contributed by atoms with Gasteiger partial charge in [-0.25, -0.2) is 9.78 Å². The number of hydrogen-bond donors (Lipinski definition) is 3. The zero-order valence-electron chi connectivity index (χ0n) is 12.6. The summed E-state index contributed by atoms with van der Waals surface area (Å²) in [5, 5.41) is 12.2. The van der Waals surface area contributed by atoms with Gasteiger partial charge in [-0.3, -0.25) is 0 Å². The summed E-state index contributed by atoms with van der Waals surface area (Å²) in [6.45, 7) is 0.145. The fraction of sp³-hybridized carbons (Fsp3) is 0.125. The Morgan fingerprint density at radius 2 is 2.21 bits per heavy atom. The third kappa shape index (κ3) is 3.11. The molecule has 1 aromatic carbocycles. The smallest absolute Gasteiger partial charge is 0.404 e. The molecule has 0 spiro atoms. The first-order valence-electron chi connectivity index (χ1n) is 6.97. The highest BCUT2D eigenvalue weighted by molar-refractivity contribution is 6.34. The first kappa shape index (κ1) is 16.1. The number of carboxylic acid groups (broad SMARTS) is 1. The van der Waals surface area contributed by atoms with Gasteiger partial charge in [0.2, 0.25) is 0 Å². The molecule has 0 radical (unpaired) electrons. The predicted molar refractivity (Wildman–Crippen MR) is 87.9 cm³/mol. The molecule has 3 aromatic rings. The Labute approximate surface area is 141 Å². The average Bonchev–Trinajstić information content (AvgIpc) is 2.93. The van der Waals surface area contributed by atoms with Crippen molar-refractivity contribution in [2.75, 3.05) is 7.11 Å². The Balaban J connectivity index is 2.00. The molecule has 6 nitrogen and oxygen atoms in total. The average molecular weight is 350 g/mol. The number of benzene rings is 1. The third-order valence-corrected chi connectivity index (χ3v) is 3.82. The summed E-state index contributed by atoms with van der Waals surface area (Å²) >= 11 is 6.28. The van der Waals surface area contributed by atoms with Crippen molar-refractivity contribution in [3.05, 3.63) is 47.0 Å². The summed E-state index contributed by atoms with van der Waals surface area (Å²) < 4.78 is 18.7. The summed E-state index contributed by atoms with van der Waals surface area (Å²) in [6, 6.07) is 8.36. The minimum absolute atomic E-state index is 0.0536. The largest absolute Gasteiger partial charge is 0.492 e. The summed E-state index contributed by atoms with van der Waals surface area (Å²) in [6.07, 6.45) is -1.11. The lowest BCUT2D eigenvalue weighted by molar-refractivity contribution is 0.194. The van der Waals surface area contributed by atoms with E-state index >= 15 is 0 Å². The minimum Gasteiger partial charge on any atom is -0.492 e. The van der Waals surface area contributed by atoms with Crippen LogP contribution in [0.15, 0.2) is 30.3 Å². The van der Waals surface area contributed by atoms with E-state index in [1.54, 1.807) is 24.3 Å². The van der Waals surface area contributed by atoms with Gasteiger partial charge in [-0.05, 0) is 30.3 Å². The van der Waals surface area contributed by atoms with E-state index in [2.05, 4.69) is 15.3 Å². The number of pyridine rings is 1. The normalized spacial score (nSPS) is 10.8. The number of fused-ring (bicyclic) bond motifs is 1. The van der Waals surface area contributed by atoms with Gasteiger partial charge < -0.3 is 20.1 Å². The van der Waals surface area contributed by atoms with E-state index in [1.807, 2.05) is 0 Å². The van der Waals surface area contributed by atoms with E-state index in [0.29, 0.717) is 22.0 Å². The molecule has 0 aliphatic rings. The molecule has 2 heterocycles. The molecular weight excluding hydrogens is 337 g/mol. The number of H-pyrrole nitrogens is 1. The minimum atomic E-state index is -1.11. The van der Waals surface area contributed by atoms with Gasteiger partial charge in [0.05, 0.1) is 24.4 Å².